The van der Waals surface area contributed by atoms with Gasteiger partial charge in [-0.3, -0.25) is 24.5 Å². The molecular formula is C15H18N6O4. The number of nitrogens with one attached hydrogen (secondary N) is 2. The summed E-state index contributed by atoms with van der Waals surface area (Å²) in [7, 11) is 0. The van der Waals surface area contributed by atoms with Crippen LogP contribution in [0.15, 0.2) is 29.3 Å². The van der Waals surface area contributed by atoms with E-state index < -0.39 is 29.7 Å². The number of nitrogens with zero attached hydrogens (tertiary/aromatic N) is 3. The monoisotopic (exact) mass is 346 g/mol. The lowest BCUT2D eigenvalue weighted by molar-refractivity contribution is 0.0152. The number of fused-ring (bicyclic) bond motifs is 1. The number of rotatable bonds is 3. The van der Waals surface area contributed by atoms with Gasteiger partial charge in [-0.25, -0.2) is 0 Å². The molecule has 6 N–H and O–H groups in total. The van der Waals surface area contributed by atoms with E-state index in [0.29, 0.717) is 0 Å². The van der Waals surface area contributed by atoms with Crippen molar-refractivity contribution >= 4 is 23.4 Å². The Morgan fingerprint density at radius 2 is 2.24 bits per heavy atom. The first-order chi connectivity index (χ1) is 11.9. The molecule has 1 aliphatic heterocycles. The summed E-state index contributed by atoms with van der Waals surface area (Å²) in [6.45, 7) is 1.49. The number of anilines is 3. The van der Waals surface area contributed by atoms with E-state index in [9.17, 15) is 19.8 Å². The van der Waals surface area contributed by atoms with Gasteiger partial charge in [0.1, 0.15) is 6.10 Å². The quantitative estimate of drug-likeness (QED) is 0.470. The molecule has 25 heavy (non-hydrogen) atoms. The predicted octanol–water partition coefficient (Wildman–Crippen LogP) is -1.07. The van der Waals surface area contributed by atoms with Crippen LogP contribution in [0.2, 0.25) is 0 Å². The van der Waals surface area contributed by atoms with Gasteiger partial charge in [0.2, 0.25) is 5.95 Å². The van der Waals surface area contributed by atoms with Gasteiger partial charge in [0.25, 0.3) is 11.5 Å². The summed E-state index contributed by atoms with van der Waals surface area (Å²) in [5.41, 5.74) is 5.08. The third-order valence-corrected chi connectivity index (χ3v) is 3.98. The highest BCUT2D eigenvalue weighted by molar-refractivity contribution is 6.08. The molecule has 10 nitrogen and oxygen atoms in total. The molecule has 0 saturated carbocycles. The number of aromatic nitrogens is 3. The van der Waals surface area contributed by atoms with E-state index in [1.54, 1.807) is 12.1 Å². The van der Waals surface area contributed by atoms with Crippen LogP contribution in [-0.4, -0.2) is 55.9 Å². The number of hydrogen-bond acceptors (Lipinski definition) is 8. The van der Waals surface area contributed by atoms with Gasteiger partial charge in [0, 0.05) is 18.9 Å². The highest BCUT2D eigenvalue weighted by atomic mass is 16.3. The van der Waals surface area contributed by atoms with Gasteiger partial charge in [-0.1, -0.05) is 0 Å². The summed E-state index contributed by atoms with van der Waals surface area (Å²) < 4.78 is 0. The standard InChI is InChI=1S/C15H18N6O4/c1-7(22)11(23)9-6-18-12-10(13(24)20-15(16)19-12)21(9)14(25)8-3-2-4-17-5-8/h2-5,7,9,11,22-23H,6H2,1H3,(H4,16,18,19,20,24)/t7-,9-,11-/m0/s1. The van der Waals surface area contributed by atoms with Crippen molar-refractivity contribution in [1.82, 2.24) is 15.0 Å². The summed E-state index contributed by atoms with van der Waals surface area (Å²) in [6, 6.07) is 2.25. The second kappa shape index (κ2) is 6.49. The number of nitrogen functional groups attached to an aromatic ring is 1. The van der Waals surface area contributed by atoms with E-state index in [2.05, 4.69) is 20.3 Å². The molecule has 0 saturated heterocycles. The number of aromatic amines is 1. The fourth-order valence-electron chi connectivity index (χ4n) is 2.76. The van der Waals surface area contributed by atoms with Crippen molar-refractivity contribution in [3.63, 3.8) is 0 Å². The number of hydrogen-bond donors (Lipinski definition) is 5. The Morgan fingerprint density at radius 1 is 1.48 bits per heavy atom. The Labute approximate surface area is 142 Å². The topological polar surface area (TPSA) is 157 Å². The summed E-state index contributed by atoms with van der Waals surface area (Å²) in [4.78, 5) is 36.8. The third kappa shape index (κ3) is 3.04. The first-order valence-corrected chi connectivity index (χ1v) is 7.63. The van der Waals surface area contributed by atoms with Crippen LogP contribution in [0.25, 0.3) is 0 Å². The van der Waals surface area contributed by atoms with Gasteiger partial charge in [-0.2, -0.15) is 4.98 Å². The van der Waals surface area contributed by atoms with E-state index in [-0.39, 0.29) is 29.6 Å². The zero-order valence-electron chi connectivity index (χ0n) is 13.4. The maximum Gasteiger partial charge on any atom is 0.278 e. The average molecular weight is 346 g/mol. The molecule has 0 radical (unpaired) electrons. The second-order valence-electron chi connectivity index (χ2n) is 5.74. The van der Waals surface area contributed by atoms with Crippen molar-refractivity contribution in [2.45, 2.75) is 25.2 Å². The minimum Gasteiger partial charge on any atom is -0.391 e. The molecule has 0 spiro atoms. The third-order valence-electron chi connectivity index (χ3n) is 3.98. The van der Waals surface area contributed by atoms with Crippen molar-refractivity contribution < 1.29 is 15.0 Å². The molecule has 1 aliphatic rings. The summed E-state index contributed by atoms with van der Waals surface area (Å²) in [5, 5.41) is 23.0. The maximum absolute atomic E-state index is 13.0. The van der Waals surface area contributed by atoms with Crippen molar-refractivity contribution in [2.24, 2.45) is 0 Å². The van der Waals surface area contributed by atoms with Crippen LogP contribution in [0.1, 0.15) is 17.3 Å². The van der Waals surface area contributed by atoms with E-state index in [0.717, 1.165) is 4.90 Å². The van der Waals surface area contributed by atoms with E-state index in [1.807, 2.05) is 0 Å². The molecule has 132 valence electrons. The van der Waals surface area contributed by atoms with Crippen LogP contribution in [0.3, 0.4) is 0 Å². The molecule has 1 amide bonds. The van der Waals surface area contributed by atoms with Crippen LogP contribution in [-0.2, 0) is 0 Å². The predicted molar refractivity (Wildman–Crippen MR) is 90.3 cm³/mol. The molecule has 0 fully saturated rings. The lowest BCUT2D eigenvalue weighted by Crippen LogP contribution is -2.58. The van der Waals surface area contributed by atoms with Gasteiger partial charge in [0.15, 0.2) is 11.5 Å². The van der Waals surface area contributed by atoms with Crippen LogP contribution in [0.5, 0.6) is 0 Å². The van der Waals surface area contributed by atoms with E-state index in [4.69, 9.17) is 5.73 Å². The first-order valence-electron chi connectivity index (χ1n) is 7.63. The van der Waals surface area contributed by atoms with Crippen molar-refractivity contribution in [3.05, 3.63) is 40.4 Å². The fraction of sp³-hybridized carbons (Fsp3) is 0.333. The maximum atomic E-state index is 13.0. The second-order valence-corrected chi connectivity index (χ2v) is 5.74. The lowest BCUT2D eigenvalue weighted by Gasteiger charge is -2.39. The lowest BCUT2D eigenvalue weighted by atomic mass is 10.0. The van der Waals surface area contributed by atoms with Crippen LogP contribution < -0.4 is 21.5 Å². The number of amides is 1. The summed E-state index contributed by atoms with van der Waals surface area (Å²) >= 11 is 0. The summed E-state index contributed by atoms with van der Waals surface area (Å²) in [5.74, 6) is -0.510. The molecule has 3 rings (SSSR count). The highest BCUT2D eigenvalue weighted by Gasteiger charge is 2.40. The van der Waals surface area contributed by atoms with Crippen LogP contribution in [0.4, 0.5) is 17.5 Å². The largest absolute Gasteiger partial charge is 0.391 e. The number of carbonyl (C=O) groups excluding carboxylic acids is 1. The molecule has 0 bridgehead atoms. The van der Waals surface area contributed by atoms with Crippen molar-refractivity contribution in [3.8, 4) is 0 Å². The molecule has 2 aromatic rings. The smallest absolute Gasteiger partial charge is 0.278 e. The number of H-pyrrole nitrogens is 1. The Kier molecular flexibility index (Phi) is 4.38. The number of aliphatic hydroxyl groups excluding tert-OH is 2. The van der Waals surface area contributed by atoms with Crippen molar-refractivity contribution in [1.29, 1.82) is 0 Å². The van der Waals surface area contributed by atoms with Crippen LogP contribution >= 0.6 is 0 Å². The van der Waals surface area contributed by atoms with Gasteiger partial charge in [-0.05, 0) is 19.1 Å². The molecule has 3 heterocycles. The van der Waals surface area contributed by atoms with Gasteiger partial charge in [-0.15, -0.1) is 0 Å². The Morgan fingerprint density at radius 3 is 2.88 bits per heavy atom. The van der Waals surface area contributed by atoms with Gasteiger partial charge >= 0.3 is 0 Å². The van der Waals surface area contributed by atoms with Gasteiger partial charge < -0.3 is 21.3 Å². The molecule has 3 atom stereocenters. The molecular weight excluding hydrogens is 328 g/mol. The zero-order chi connectivity index (χ0) is 18.1. The Hall–Kier alpha value is -2.98. The fourth-order valence-corrected chi connectivity index (χ4v) is 2.76. The molecule has 10 heteroatoms. The average Bonchev–Trinajstić information content (AvgIpc) is 2.60. The zero-order valence-corrected chi connectivity index (χ0v) is 13.4. The number of aliphatic hydroxyl groups is 2. The first kappa shape index (κ1) is 16.9. The van der Waals surface area contributed by atoms with Crippen molar-refractivity contribution in [2.75, 3.05) is 22.5 Å². The normalized spacial score (nSPS) is 18.8. The molecule has 0 aromatic carbocycles. The Balaban J connectivity index is 2.14. The van der Waals surface area contributed by atoms with E-state index >= 15 is 0 Å². The molecule has 2 aromatic heterocycles. The Bertz CT molecular complexity index is 838. The molecule has 0 unspecified atom stereocenters. The summed E-state index contributed by atoms with van der Waals surface area (Å²) in [6.07, 6.45) is 0.477. The van der Waals surface area contributed by atoms with E-state index in [1.165, 1.54) is 19.3 Å². The minimum atomic E-state index is -1.28. The SMILES string of the molecule is C[C@H](O)[C@H](O)[C@@H]1CNc2nc(N)[nH]c(=O)c2N1C(=O)c1cccnc1. The van der Waals surface area contributed by atoms with Gasteiger partial charge in [0.05, 0.1) is 17.7 Å². The highest BCUT2D eigenvalue weighted by Crippen LogP contribution is 2.29. The van der Waals surface area contributed by atoms with Crippen LogP contribution in [0, 0.1) is 0 Å². The number of pyridine rings is 1. The minimum absolute atomic E-state index is 0.0704. The molecule has 0 aliphatic carbocycles. The number of nitrogens with two attached hydrogens (primary N) is 1. The number of carbonyl (C=O) groups is 1.